The molecule has 2 heterocycles. The van der Waals surface area contributed by atoms with Crippen molar-refractivity contribution in [2.75, 3.05) is 26.2 Å². The summed E-state index contributed by atoms with van der Waals surface area (Å²) in [6.45, 7) is 8.16. The van der Waals surface area contributed by atoms with Crippen molar-refractivity contribution < 1.29 is 4.79 Å². The quantitative estimate of drug-likeness (QED) is 0.783. The van der Waals surface area contributed by atoms with Crippen molar-refractivity contribution >= 4 is 11.4 Å². The van der Waals surface area contributed by atoms with Gasteiger partial charge in [0.25, 0.3) is 5.91 Å². The molecular formula is C15H22N4O. The van der Waals surface area contributed by atoms with Crippen LogP contribution >= 0.6 is 0 Å². The predicted molar refractivity (Wildman–Crippen MR) is 79.9 cm³/mol. The number of nitrogens with one attached hydrogen (secondary N) is 1. The highest BCUT2D eigenvalue weighted by Gasteiger charge is 2.06. The van der Waals surface area contributed by atoms with Crippen LogP contribution in [0.3, 0.4) is 0 Å². The van der Waals surface area contributed by atoms with Crippen LogP contribution in [-0.4, -0.2) is 46.4 Å². The largest absolute Gasteiger partial charge is 0.352 e. The molecular weight excluding hydrogens is 252 g/mol. The molecule has 5 nitrogen and oxygen atoms in total. The minimum atomic E-state index is -0.0201. The van der Waals surface area contributed by atoms with Crippen LogP contribution in [0.2, 0.25) is 0 Å². The second kappa shape index (κ2) is 7.05. The lowest BCUT2D eigenvalue weighted by Crippen LogP contribution is -2.29. The molecule has 0 saturated carbocycles. The molecule has 1 N–H and O–H groups in total. The van der Waals surface area contributed by atoms with E-state index in [0.29, 0.717) is 12.1 Å². The van der Waals surface area contributed by atoms with Gasteiger partial charge in [0.2, 0.25) is 0 Å². The second-order valence-electron chi connectivity index (χ2n) is 4.78. The highest BCUT2D eigenvalue weighted by Crippen LogP contribution is 2.06. The van der Waals surface area contributed by atoms with Gasteiger partial charge in [0.05, 0.1) is 18.0 Å². The molecule has 0 unspecified atom stereocenters. The molecule has 2 aromatic heterocycles. The van der Waals surface area contributed by atoms with Crippen LogP contribution in [0, 0.1) is 0 Å². The van der Waals surface area contributed by atoms with Crippen molar-refractivity contribution in [3.63, 3.8) is 0 Å². The lowest BCUT2D eigenvalue weighted by Gasteiger charge is -2.17. The van der Waals surface area contributed by atoms with Crippen molar-refractivity contribution in [2.24, 2.45) is 0 Å². The Hall–Kier alpha value is -1.88. The van der Waals surface area contributed by atoms with Crippen molar-refractivity contribution in [1.29, 1.82) is 0 Å². The Morgan fingerprint density at radius 1 is 1.40 bits per heavy atom. The van der Waals surface area contributed by atoms with Gasteiger partial charge in [-0.2, -0.15) is 0 Å². The molecule has 20 heavy (non-hydrogen) atoms. The Balaban J connectivity index is 1.82. The summed E-state index contributed by atoms with van der Waals surface area (Å²) in [4.78, 5) is 18.4. The first-order valence-corrected chi connectivity index (χ1v) is 7.17. The minimum absolute atomic E-state index is 0.0201. The Labute approximate surface area is 119 Å². The van der Waals surface area contributed by atoms with Crippen LogP contribution in [0.25, 0.3) is 5.52 Å². The highest BCUT2D eigenvalue weighted by molar-refractivity contribution is 5.95. The number of nitrogens with zero attached hydrogens (tertiary/aromatic N) is 3. The van der Waals surface area contributed by atoms with E-state index in [1.54, 1.807) is 12.5 Å². The van der Waals surface area contributed by atoms with Crippen LogP contribution in [-0.2, 0) is 0 Å². The number of imidazole rings is 1. The number of pyridine rings is 1. The molecule has 0 radical (unpaired) electrons. The zero-order chi connectivity index (χ0) is 14.4. The van der Waals surface area contributed by atoms with Gasteiger partial charge in [-0.25, -0.2) is 4.98 Å². The summed E-state index contributed by atoms with van der Waals surface area (Å²) in [5, 5.41) is 2.96. The molecule has 2 aromatic rings. The first-order chi connectivity index (χ1) is 9.74. The lowest BCUT2D eigenvalue weighted by atomic mass is 10.2. The Morgan fingerprint density at radius 2 is 2.20 bits per heavy atom. The predicted octanol–water partition coefficient (Wildman–Crippen LogP) is 1.80. The molecule has 0 aliphatic rings. The number of hydrogen-bond donors (Lipinski definition) is 1. The summed E-state index contributed by atoms with van der Waals surface area (Å²) in [5.74, 6) is -0.0201. The summed E-state index contributed by atoms with van der Waals surface area (Å²) in [7, 11) is 0. The zero-order valence-electron chi connectivity index (χ0n) is 12.2. The fourth-order valence-corrected chi connectivity index (χ4v) is 2.21. The molecule has 2 rings (SSSR count). The van der Waals surface area contributed by atoms with E-state index in [-0.39, 0.29) is 5.91 Å². The number of rotatable bonds is 7. The van der Waals surface area contributed by atoms with Gasteiger partial charge in [-0.1, -0.05) is 13.8 Å². The van der Waals surface area contributed by atoms with Gasteiger partial charge in [-0.05, 0) is 38.2 Å². The third-order valence-electron chi connectivity index (χ3n) is 3.51. The standard InChI is InChI=1S/C15H22N4O/c1-3-18(4-2)8-5-7-17-15(20)13-6-9-19-12-16-11-14(19)10-13/h6,9-12H,3-5,7-8H2,1-2H3,(H,17,20). The zero-order valence-corrected chi connectivity index (χ0v) is 12.2. The van der Waals surface area contributed by atoms with Gasteiger partial charge in [0.15, 0.2) is 0 Å². The number of carbonyl (C=O) groups excluding carboxylic acids is 1. The molecule has 0 aliphatic carbocycles. The van der Waals surface area contributed by atoms with Crippen LogP contribution in [0.5, 0.6) is 0 Å². The van der Waals surface area contributed by atoms with Gasteiger partial charge in [-0.15, -0.1) is 0 Å². The average Bonchev–Trinajstić information content (AvgIpc) is 2.94. The molecule has 1 amide bonds. The van der Waals surface area contributed by atoms with E-state index in [0.717, 1.165) is 31.6 Å². The van der Waals surface area contributed by atoms with Gasteiger partial charge >= 0.3 is 0 Å². The minimum Gasteiger partial charge on any atom is -0.352 e. The number of amides is 1. The summed E-state index contributed by atoms with van der Waals surface area (Å²) >= 11 is 0. The molecule has 108 valence electrons. The Bertz CT molecular complexity index is 560. The first-order valence-electron chi connectivity index (χ1n) is 7.17. The van der Waals surface area contributed by atoms with Crippen molar-refractivity contribution in [1.82, 2.24) is 19.6 Å². The maximum Gasteiger partial charge on any atom is 0.251 e. The summed E-state index contributed by atoms with van der Waals surface area (Å²) in [6.07, 6.45) is 6.30. The monoisotopic (exact) mass is 274 g/mol. The van der Waals surface area contributed by atoms with Gasteiger partial charge in [0, 0.05) is 18.3 Å². The van der Waals surface area contributed by atoms with Crippen molar-refractivity contribution in [3.05, 3.63) is 36.4 Å². The molecule has 0 fully saturated rings. The van der Waals surface area contributed by atoms with E-state index in [1.165, 1.54) is 0 Å². The number of carbonyl (C=O) groups is 1. The number of fused-ring (bicyclic) bond motifs is 1. The van der Waals surface area contributed by atoms with Crippen molar-refractivity contribution in [2.45, 2.75) is 20.3 Å². The van der Waals surface area contributed by atoms with Crippen LogP contribution in [0.15, 0.2) is 30.9 Å². The number of aromatic nitrogens is 2. The Morgan fingerprint density at radius 3 is 2.95 bits per heavy atom. The van der Waals surface area contributed by atoms with E-state index < -0.39 is 0 Å². The fourth-order valence-electron chi connectivity index (χ4n) is 2.21. The maximum atomic E-state index is 12.0. The SMILES string of the molecule is CCN(CC)CCCNC(=O)c1ccn2cncc2c1. The van der Waals surface area contributed by atoms with Gasteiger partial charge < -0.3 is 14.6 Å². The molecule has 0 bridgehead atoms. The van der Waals surface area contributed by atoms with Gasteiger partial charge in [-0.3, -0.25) is 4.79 Å². The molecule has 5 heteroatoms. The van der Waals surface area contributed by atoms with E-state index in [9.17, 15) is 4.79 Å². The van der Waals surface area contributed by atoms with Crippen molar-refractivity contribution in [3.8, 4) is 0 Å². The molecule has 0 aromatic carbocycles. The van der Waals surface area contributed by atoms with Crippen LogP contribution < -0.4 is 5.32 Å². The molecule has 0 atom stereocenters. The summed E-state index contributed by atoms with van der Waals surface area (Å²) in [5.41, 5.74) is 1.61. The molecule has 0 saturated heterocycles. The van der Waals surface area contributed by atoms with E-state index >= 15 is 0 Å². The molecule has 0 spiro atoms. The van der Waals surface area contributed by atoms with E-state index in [1.807, 2.05) is 22.7 Å². The summed E-state index contributed by atoms with van der Waals surface area (Å²) in [6, 6.07) is 3.67. The van der Waals surface area contributed by atoms with Crippen LogP contribution in [0.1, 0.15) is 30.6 Å². The maximum absolute atomic E-state index is 12.0. The molecule has 0 aliphatic heterocycles. The second-order valence-corrected chi connectivity index (χ2v) is 4.78. The average molecular weight is 274 g/mol. The van der Waals surface area contributed by atoms with E-state index in [2.05, 4.69) is 29.0 Å². The third-order valence-corrected chi connectivity index (χ3v) is 3.51. The highest BCUT2D eigenvalue weighted by atomic mass is 16.1. The smallest absolute Gasteiger partial charge is 0.251 e. The topological polar surface area (TPSA) is 49.6 Å². The lowest BCUT2D eigenvalue weighted by molar-refractivity contribution is 0.0952. The number of hydrogen-bond acceptors (Lipinski definition) is 3. The van der Waals surface area contributed by atoms with Gasteiger partial charge in [0.1, 0.15) is 0 Å². The summed E-state index contributed by atoms with van der Waals surface area (Å²) < 4.78 is 1.89. The first kappa shape index (κ1) is 14.5. The van der Waals surface area contributed by atoms with Crippen LogP contribution in [0.4, 0.5) is 0 Å². The Kier molecular flexibility index (Phi) is 5.12. The normalized spacial score (nSPS) is 11.2. The third kappa shape index (κ3) is 3.57. The van der Waals surface area contributed by atoms with E-state index in [4.69, 9.17) is 0 Å². The fraction of sp³-hybridized carbons (Fsp3) is 0.467.